The summed E-state index contributed by atoms with van der Waals surface area (Å²) >= 11 is 0. The first kappa shape index (κ1) is 15.0. The molecule has 0 aromatic heterocycles. The molecule has 0 unspecified atom stereocenters. The number of ketones is 1. The Labute approximate surface area is 132 Å². The summed E-state index contributed by atoms with van der Waals surface area (Å²) in [6.07, 6.45) is 4.66. The number of Topliss-reactive ketones (excluding diaryl/α,β-unsaturated/α-hetero) is 1. The molecule has 2 aromatic carbocycles. The smallest absolute Gasteiger partial charge is 0.168 e. The molecule has 1 heterocycles. The molecule has 1 N–H and O–H groups in total. The molecule has 3 rings (SSSR count). The molecule has 0 saturated carbocycles. The van der Waals surface area contributed by atoms with Crippen LogP contribution in [0.2, 0.25) is 0 Å². The summed E-state index contributed by atoms with van der Waals surface area (Å²) in [6.45, 7) is 3.46. The van der Waals surface area contributed by atoms with E-state index in [0.717, 1.165) is 12.1 Å². The van der Waals surface area contributed by atoms with Gasteiger partial charge in [-0.1, -0.05) is 54.6 Å². The normalized spacial score (nSPS) is 15.6. The second kappa shape index (κ2) is 7.37. The van der Waals surface area contributed by atoms with Crippen molar-refractivity contribution in [2.75, 3.05) is 19.6 Å². The predicted octanol–water partition coefficient (Wildman–Crippen LogP) is 3.00. The Morgan fingerprint density at radius 3 is 2.14 bits per heavy atom. The molecule has 2 aromatic rings. The Morgan fingerprint density at radius 1 is 0.818 bits per heavy atom. The van der Waals surface area contributed by atoms with Gasteiger partial charge >= 0.3 is 0 Å². The fourth-order valence-corrected chi connectivity index (χ4v) is 3.22. The number of hydrogen-bond donors (Lipinski definition) is 1. The maximum atomic E-state index is 12.3. The lowest BCUT2D eigenvalue weighted by Gasteiger charge is -2.23. The fourth-order valence-electron chi connectivity index (χ4n) is 3.22. The van der Waals surface area contributed by atoms with Crippen LogP contribution in [0.15, 0.2) is 54.6 Å². The van der Waals surface area contributed by atoms with Crippen LogP contribution < -0.4 is 4.90 Å². The van der Waals surface area contributed by atoms with Gasteiger partial charge in [0.2, 0.25) is 0 Å². The topological polar surface area (TPSA) is 21.5 Å². The molecule has 0 radical (unpaired) electrons. The van der Waals surface area contributed by atoms with E-state index in [4.69, 9.17) is 0 Å². The van der Waals surface area contributed by atoms with Crippen LogP contribution in [0, 0.1) is 0 Å². The number of carbonyl (C=O) groups is 1. The molecule has 2 heteroatoms. The molecule has 0 spiro atoms. The Hall–Kier alpha value is -1.93. The maximum Gasteiger partial charge on any atom is 0.168 e. The minimum absolute atomic E-state index is 0.276. The molecular weight excluding hydrogens is 270 g/mol. The molecule has 0 atom stereocenters. The van der Waals surface area contributed by atoms with Crippen molar-refractivity contribution in [3.63, 3.8) is 0 Å². The van der Waals surface area contributed by atoms with Gasteiger partial charge in [-0.2, -0.15) is 0 Å². The number of carbonyl (C=O) groups excluding carboxylic acids is 1. The highest BCUT2D eigenvalue weighted by Crippen LogP contribution is 2.19. The van der Waals surface area contributed by atoms with Gasteiger partial charge in [-0.25, -0.2) is 0 Å². The highest BCUT2D eigenvalue weighted by Gasteiger charge is 2.15. The third-order valence-electron chi connectivity index (χ3n) is 4.58. The van der Waals surface area contributed by atoms with Crippen molar-refractivity contribution in [3.8, 4) is 11.1 Å². The van der Waals surface area contributed by atoms with Gasteiger partial charge in [-0.05, 0) is 30.4 Å². The van der Waals surface area contributed by atoms with E-state index in [2.05, 4.69) is 24.3 Å². The van der Waals surface area contributed by atoms with Crippen molar-refractivity contribution in [1.29, 1.82) is 0 Å². The van der Waals surface area contributed by atoms with Crippen molar-refractivity contribution in [2.45, 2.75) is 25.7 Å². The summed E-state index contributed by atoms with van der Waals surface area (Å²) in [5.41, 5.74) is 3.20. The fraction of sp³-hybridized carbons (Fsp3) is 0.350. The largest absolute Gasteiger partial charge is 0.335 e. The molecule has 22 heavy (non-hydrogen) atoms. The van der Waals surface area contributed by atoms with Crippen molar-refractivity contribution in [2.24, 2.45) is 0 Å². The third-order valence-corrected chi connectivity index (χ3v) is 4.58. The van der Waals surface area contributed by atoms with Crippen LogP contribution in [-0.4, -0.2) is 25.4 Å². The van der Waals surface area contributed by atoms with Gasteiger partial charge in [0, 0.05) is 5.56 Å². The molecule has 1 aliphatic heterocycles. The van der Waals surface area contributed by atoms with Crippen LogP contribution in [0.25, 0.3) is 11.1 Å². The summed E-state index contributed by atoms with van der Waals surface area (Å²) < 4.78 is 0. The van der Waals surface area contributed by atoms with Gasteiger partial charge in [0.1, 0.15) is 0 Å². The van der Waals surface area contributed by atoms with Crippen molar-refractivity contribution >= 4 is 5.78 Å². The van der Waals surface area contributed by atoms with Crippen LogP contribution in [0.4, 0.5) is 0 Å². The number of nitrogens with one attached hydrogen (secondary N) is 1. The van der Waals surface area contributed by atoms with Gasteiger partial charge in [0.15, 0.2) is 5.78 Å². The Kier molecular flexibility index (Phi) is 5.02. The minimum atomic E-state index is 0.276. The first-order valence-corrected chi connectivity index (χ1v) is 8.35. The van der Waals surface area contributed by atoms with E-state index < -0.39 is 0 Å². The van der Waals surface area contributed by atoms with E-state index in [-0.39, 0.29) is 5.78 Å². The van der Waals surface area contributed by atoms with Crippen molar-refractivity contribution in [1.82, 2.24) is 0 Å². The number of likely N-dealkylation sites (tertiary alicyclic amines) is 1. The predicted molar refractivity (Wildman–Crippen MR) is 90.2 cm³/mol. The molecule has 114 valence electrons. The highest BCUT2D eigenvalue weighted by molar-refractivity contribution is 5.96. The molecule has 0 aliphatic carbocycles. The molecule has 1 saturated heterocycles. The minimum Gasteiger partial charge on any atom is -0.335 e. The van der Waals surface area contributed by atoms with Gasteiger partial charge in [0.05, 0.1) is 26.1 Å². The van der Waals surface area contributed by atoms with Crippen molar-refractivity contribution in [3.05, 3.63) is 60.2 Å². The molecule has 2 nitrogen and oxygen atoms in total. The zero-order valence-corrected chi connectivity index (χ0v) is 13.1. The third kappa shape index (κ3) is 3.83. The number of piperidine rings is 1. The quantitative estimate of drug-likeness (QED) is 0.841. The van der Waals surface area contributed by atoms with Crippen LogP contribution >= 0.6 is 0 Å². The first-order chi connectivity index (χ1) is 10.8. The van der Waals surface area contributed by atoms with E-state index in [1.54, 1.807) is 4.90 Å². The molecule has 1 aliphatic rings. The highest BCUT2D eigenvalue weighted by atomic mass is 16.1. The van der Waals surface area contributed by atoms with E-state index in [0.29, 0.717) is 6.42 Å². The summed E-state index contributed by atoms with van der Waals surface area (Å²) in [5, 5.41) is 0. The SMILES string of the molecule is O=C(CC[NH+]1CCCCC1)c1ccc(-c2ccccc2)cc1. The van der Waals surface area contributed by atoms with E-state index in [1.165, 1.54) is 43.5 Å². The second-order valence-corrected chi connectivity index (χ2v) is 6.18. The second-order valence-electron chi connectivity index (χ2n) is 6.18. The summed E-state index contributed by atoms with van der Waals surface area (Å²) in [7, 11) is 0. The standard InChI is InChI=1S/C20H23NO/c22-20(13-16-21-14-5-2-6-15-21)19-11-9-18(10-12-19)17-7-3-1-4-8-17/h1,3-4,7-12H,2,5-6,13-16H2/p+1. The lowest BCUT2D eigenvalue weighted by atomic mass is 10.0. The zero-order chi connectivity index (χ0) is 15.2. The van der Waals surface area contributed by atoms with Crippen LogP contribution in [0.1, 0.15) is 36.0 Å². The summed E-state index contributed by atoms with van der Waals surface area (Å²) in [6, 6.07) is 18.3. The summed E-state index contributed by atoms with van der Waals surface area (Å²) in [4.78, 5) is 13.9. The van der Waals surface area contributed by atoms with Crippen LogP contribution in [-0.2, 0) is 0 Å². The Morgan fingerprint density at radius 2 is 1.45 bits per heavy atom. The number of rotatable bonds is 5. The van der Waals surface area contributed by atoms with Gasteiger partial charge < -0.3 is 4.90 Å². The maximum absolute atomic E-state index is 12.3. The molecule has 0 amide bonds. The zero-order valence-electron chi connectivity index (χ0n) is 13.1. The molecule has 1 fully saturated rings. The van der Waals surface area contributed by atoms with Gasteiger partial charge in [-0.3, -0.25) is 4.79 Å². The molecular formula is C20H24NO+. The van der Waals surface area contributed by atoms with Crippen molar-refractivity contribution < 1.29 is 9.69 Å². The van der Waals surface area contributed by atoms with E-state index >= 15 is 0 Å². The van der Waals surface area contributed by atoms with Crippen LogP contribution in [0.5, 0.6) is 0 Å². The first-order valence-electron chi connectivity index (χ1n) is 8.35. The number of quaternary nitrogens is 1. The number of hydrogen-bond acceptors (Lipinski definition) is 1. The average molecular weight is 294 g/mol. The van der Waals surface area contributed by atoms with Gasteiger partial charge in [-0.15, -0.1) is 0 Å². The Bertz CT molecular complexity index is 597. The summed E-state index contributed by atoms with van der Waals surface area (Å²) in [5.74, 6) is 0.276. The lowest BCUT2D eigenvalue weighted by Crippen LogP contribution is -3.12. The van der Waals surface area contributed by atoms with E-state index in [1.807, 2.05) is 30.3 Å². The average Bonchev–Trinajstić information content (AvgIpc) is 2.61. The number of benzene rings is 2. The van der Waals surface area contributed by atoms with Crippen LogP contribution in [0.3, 0.4) is 0 Å². The molecule has 0 bridgehead atoms. The monoisotopic (exact) mass is 294 g/mol. The van der Waals surface area contributed by atoms with Gasteiger partial charge in [0.25, 0.3) is 0 Å². The van der Waals surface area contributed by atoms with E-state index in [9.17, 15) is 4.79 Å². The Balaban J connectivity index is 1.59. The lowest BCUT2D eigenvalue weighted by molar-refractivity contribution is -0.904.